The van der Waals surface area contributed by atoms with Crippen molar-refractivity contribution in [2.45, 2.75) is 19.4 Å². The topological polar surface area (TPSA) is 61.4 Å². The van der Waals surface area contributed by atoms with Crippen molar-refractivity contribution in [1.82, 2.24) is 5.32 Å². The Morgan fingerprint density at radius 3 is 2.32 bits per heavy atom. The summed E-state index contributed by atoms with van der Waals surface area (Å²) in [4.78, 5) is 28.5. The van der Waals surface area contributed by atoms with E-state index in [1.807, 2.05) is 42.5 Å². The zero-order valence-electron chi connectivity index (χ0n) is 20.4. The monoisotopic (exact) mass is 553 g/mol. The van der Waals surface area contributed by atoms with Crippen LogP contribution in [-0.4, -0.2) is 24.9 Å². The first-order valence-corrected chi connectivity index (χ1v) is 13.2. The summed E-state index contributed by atoms with van der Waals surface area (Å²) in [7, 11) is 0. The Morgan fingerprint density at radius 2 is 1.54 bits per heavy atom. The summed E-state index contributed by atoms with van der Waals surface area (Å²) in [6.45, 7) is 2.09. The summed E-state index contributed by atoms with van der Waals surface area (Å²) in [5, 5.41) is 6.03. The molecule has 0 saturated carbocycles. The van der Waals surface area contributed by atoms with Gasteiger partial charge in [-0.3, -0.25) is 9.59 Å². The van der Waals surface area contributed by atoms with Crippen LogP contribution < -0.4 is 15.5 Å². The number of rotatable bonds is 7. The van der Waals surface area contributed by atoms with Crippen LogP contribution in [0.2, 0.25) is 0 Å². The van der Waals surface area contributed by atoms with Crippen LogP contribution in [0.25, 0.3) is 0 Å². The molecule has 5 rings (SSSR count). The van der Waals surface area contributed by atoms with Crippen LogP contribution in [0.4, 0.5) is 11.4 Å². The van der Waals surface area contributed by atoms with Crippen molar-refractivity contribution in [1.29, 1.82) is 0 Å². The number of halogens is 1. The Kier molecular flexibility index (Phi) is 7.66. The molecule has 1 heterocycles. The van der Waals surface area contributed by atoms with E-state index in [-0.39, 0.29) is 11.8 Å². The third-order valence-corrected chi connectivity index (χ3v) is 7.15. The van der Waals surface area contributed by atoms with Crippen LogP contribution in [0.5, 0.6) is 0 Å². The van der Waals surface area contributed by atoms with Crippen LogP contribution >= 0.6 is 15.9 Å². The second-order valence-electron chi connectivity index (χ2n) is 9.12. The predicted molar refractivity (Wildman–Crippen MR) is 152 cm³/mol. The fraction of sp³-hybridized carbons (Fsp3) is 0.161. The molecule has 0 aliphatic carbocycles. The molecule has 0 unspecified atom stereocenters. The Labute approximate surface area is 225 Å². The molecule has 0 fully saturated rings. The normalized spacial score (nSPS) is 12.5. The number of nitrogens with zero attached hydrogens (tertiary/aromatic N) is 1. The third kappa shape index (κ3) is 6.09. The lowest BCUT2D eigenvalue weighted by Gasteiger charge is -2.32. The van der Waals surface area contributed by atoms with Crippen LogP contribution in [0.15, 0.2) is 102 Å². The zero-order valence-corrected chi connectivity index (χ0v) is 22.0. The van der Waals surface area contributed by atoms with Gasteiger partial charge in [-0.25, -0.2) is 0 Å². The highest BCUT2D eigenvalue weighted by Gasteiger charge is 2.22. The van der Waals surface area contributed by atoms with Crippen molar-refractivity contribution in [2.75, 3.05) is 23.3 Å². The van der Waals surface area contributed by atoms with Crippen LogP contribution in [0, 0.1) is 0 Å². The summed E-state index contributed by atoms with van der Waals surface area (Å²) in [5.41, 5.74) is 6.36. The van der Waals surface area contributed by atoms with E-state index in [2.05, 4.69) is 67.9 Å². The van der Waals surface area contributed by atoms with E-state index in [1.54, 1.807) is 18.2 Å². The molecule has 4 aromatic rings. The minimum atomic E-state index is -0.220. The molecule has 0 radical (unpaired) electrons. The summed E-state index contributed by atoms with van der Waals surface area (Å²) < 4.78 is 0.908. The fourth-order valence-electron chi connectivity index (χ4n) is 4.64. The van der Waals surface area contributed by atoms with Crippen LogP contribution in [0.1, 0.15) is 37.4 Å². The molecule has 186 valence electrons. The van der Waals surface area contributed by atoms with E-state index >= 15 is 0 Å². The Morgan fingerprint density at radius 1 is 0.811 bits per heavy atom. The van der Waals surface area contributed by atoms with Gasteiger partial charge in [-0.15, -0.1) is 0 Å². The Balaban J connectivity index is 1.38. The van der Waals surface area contributed by atoms with E-state index in [4.69, 9.17) is 0 Å². The average molecular weight is 554 g/mol. The highest BCUT2D eigenvalue weighted by atomic mass is 79.9. The molecule has 0 aromatic heterocycles. The van der Waals surface area contributed by atoms with Crippen molar-refractivity contribution < 1.29 is 9.59 Å². The van der Waals surface area contributed by atoms with E-state index in [1.165, 1.54) is 16.7 Å². The number of nitrogens with one attached hydrogen (secondary N) is 2. The molecule has 37 heavy (non-hydrogen) atoms. The van der Waals surface area contributed by atoms with Crippen molar-refractivity contribution in [3.05, 3.63) is 129 Å². The highest BCUT2D eigenvalue weighted by Crippen LogP contribution is 2.30. The van der Waals surface area contributed by atoms with Gasteiger partial charge >= 0.3 is 0 Å². The number of carbonyl (C=O) groups excluding carboxylic acids is 2. The lowest BCUT2D eigenvalue weighted by molar-refractivity contribution is 0.0953. The number of hydrogen-bond acceptors (Lipinski definition) is 3. The van der Waals surface area contributed by atoms with Crippen LogP contribution in [0.3, 0.4) is 0 Å². The highest BCUT2D eigenvalue weighted by molar-refractivity contribution is 9.10. The van der Waals surface area contributed by atoms with Gasteiger partial charge in [-0.1, -0.05) is 70.5 Å². The van der Waals surface area contributed by atoms with Crippen molar-refractivity contribution in [3.8, 4) is 0 Å². The molecular formula is C31H28BrN3O2. The first kappa shape index (κ1) is 24.8. The molecule has 0 atom stereocenters. The molecule has 6 heteroatoms. The van der Waals surface area contributed by atoms with Crippen LogP contribution in [-0.2, 0) is 19.4 Å². The maximum absolute atomic E-state index is 13.4. The van der Waals surface area contributed by atoms with E-state index in [0.717, 1.165) is 36.1 Å². The van der Waals surface area contributed by atoms with Crippen molar-refractivity contribution in [3.63, 3.8) is 0 Å². The first-order chi connectivity index (χ1) is 18.1. The largest absolute Gasteiger partial charge is 0.366 e. The predicted octanol–water partition coefficient (Wildman–Crippen LogP) is 6.24. The minimum Gasteiger partial charge on any atom is -0.366 e. The quantitative estimate of drug-likeness (QED) is 0.285. The van der Waals surface area contributed by atoms with E-state index in [0.29, 0.717) is 23.4 Å². The number of fused-ring (bicyclic) bond motifs is 1. The molecule has 1 aliphatic heterocycles. The van der Waals surface area contributed by atoms with Crippen molar-refractivity contribution >= 4 is 39.1 Å². The summed E-state index contributed by atoms with van der Waals surface area (Å²) >= 11 is 3.40. The second-order valence-corrected chi connectivity index (χ2v) is 10.0. The maximum atomic E-state index is 13.4. The number of hydrogen-bond donors (Lipinski definition) is 2. The second kappa shape index (κ2) is 11.4. The Hall–Kier alpha value is -3.90. The molecule has 4 aromatic carbocycles. The molecule has 2 amide bonds. The van der Waals surface area contributed by atoms with Gasteiger partial charge < -0.3 is 15.5 Å². The SMILES string of the molecule is O=C(Nc1ccc(N2CCc3ccccc3C2)c(C(=O)NCCc2ccccc2)c1)c1ccc(Br)cc1. The fourth-order valence-corrected chi connectivity index (χ4v) is 4.90. The summed E-state index contributed by atoms with van der Waals surface area (Å²) in [5.74, 6) is -0.368. The van der Waals surface area contributed by atoms with Gasteiger partial charge in [-0.05, 0) is 72.0 Å². The minimum absolute atomic E-state index is 0.149. The standard InChI is InChI=1S/C31H28BrN3O2/c32-26-12-10-24(11-13-26)30(36)34-27-14-15-29(35-19-17-23-8-4-5-9-25(23)21-35)28(20-27)31(37)33-18-16-22-6-2-1-3-7-22/h1-15,20H,16-19,21H2,(H,33,37)(H,34,36). The van der Waals surface area contributed by atoms with Gasteiger partial charge in [0.15, 0.2) is 0 Å². The summed E-state index contributed by atoms with van der Waals surface area (Å²) in [6, 6.07) is 31.3. The molecule has 1 aliphatic rings. The molecule has 2 N–H and O–H groups in total. The number of benzene rings is 4. The van der Waals surface area contributed by atoms with Gasteiger partial charge in [0.05, 0.1) is 5.56 Å². The number of amides is 2. The zero-order chi connectivity index (χ0) is 25.6. The third-order valence-electron chi connectivity index (χ3n) is 6.62. The maximum Gasteiger partial charge on any atom is 0.255 e. The number of carbonyl (C=O) groups is 2. The smallest absolute Gasteiger partial charge is 0.255 e. The lowest BCUT2D eigenvalue weighted by atomic mass is 9.98. The lowest BCUT2D eigenvalue weighted by Crippen LogP contribution is -2.33. The molecule has 0 saturated heterocycles. The summed E-state index contributed by atoms with van der Waals surface area (Å²) in [6.07, 6.45) is 1.67. The van der Waals surface area contributed by atoms with E-state index in [9.17, 15) is 9.59 Å². The van der Waals surface area contributed by atoms with Crippen molar-refractivity contribution in [2.24, 2.45) is 0 Å². The molecular weight excluding hydrogens is 526 g/mol. The van der Waals surface area contributed by atoms with Gasteiger partial charge in [0.25, 0.3) is 11.8 Å². The first-order valence-electron chi connectivity index (χ1n) is 12.4. The average Bonchev–Trinajstić information content (AvgIpc) is 2.93. The van der Waals surface area contributed by atoms with E-state index < -0.39 is 0 Å². The van der Waals surface area contributed by atoms with Gasteiger partial charge in [0, 0.05) is 41.0 Å². The van der Waals surface area contributed by atoms with Gasteiger partial charge in [-0.2, -0.15) is 0 Å². The molecule has 0 bridgehead atoms. The number of anilines is 2. The van der Waals surface area contributed by atoms with Gasteiger partial charge in [0.1, 0.15) is 0 Å². The molecule has 0 spiro atoms. The Bertz CT molecular complexity index is 1400. The molecule has 5 nitrogen and oxygen atoms in total. The van der Waals surface area contributed by atoms with Gasteiger partial charge in [0.2, 0.25) is 0 Å².